The van der Waals surface area contributed by atoms with Crippen LogP contribution in [0.4, 0.5) is 5.82 Å². The zero-order chi connectivity index (χ0) is 11.3. The molecule has 0 aliphatic carbocycles. The number of anilines is 1. The Labute approximate surface area is 94.4 Å². The molecule has 0 N–H and O–H groups in total. The molecule has 0 aliphatic rings. The van der Waals surface area contributed by atoms with Crippen LogP contribution in [0.15, 0.2) is 6.20 Å². The fraction of sp³-hybridized carbons (Fsp3) is 0.667. The summed E-state index contributed by atoms with van der Waals surface area (Å²) < 4.78 is 5.10. The molecule has 0 amide bonds. The van der Waals surface area contributed by atoms with Crippen LogP contribution in [0, 0.1) is 0 Å². The van der Waals surface area contributed by atoms with Gasteiger partial charge in [-0.3, -0.25) is 0 Å². The number of hydrogen-bond donors (Lipinski definition) is 0. The Hall–Kier alpha value is -0.940. The van der Waals surface area contributed by atoms with Crippen LogP contribution in [0.2, 0.25) is 5.28 Å². The summed E-state index contributed by atoms with van der Waals surface area (Å²) >= 11 is 5.69. The van der Waals surface area contributed by atoms with E-state index in [4.69, 9.17) is 16.3 Å². The van der Waals surface area contributed by atoms with Gasteiger partial charge in [0.1, 0.15) is 0 Å². The van der Waals surface area contributed by atoms with Crippen molar-refractivity contribution in [2.45, 2.75) is 19.9 Å². The van der Waals surface area contributed by atoms with Gasteiger partial charge in [0.05, 0.1) is 18.8 Å². The summed E-state index contributed by atoms with van der Waals surface area (Å²) in [6, 6.07) is 0.229. The molecule has 0 saturated carbocycles. The highest BCUT2D eigenvalue weighted by Crippen LogP contribution is 2.13. The lowest BCUT2D eigenvalue weighted by Gasteiger charge is -2.27. The van der Waals surface area contributed by atoms with E-state index < -0.39 is 0 Å². The zero-order valence-electron chi connectivity index (χ0n) is 9.14. The molecule has 1 aromatic rings. The molecule has 15 heavy (non-hydrogen) atoms. The normalized spacial score (nSPS) is 12.5. The van der Waals surface area contributed by atoms with Crippen molar-refractivity contribution in [1.29, 1.82) is 0 Å². The van der Waals surface area contributed by atoms with Gasteiger partial charge in [0.15, 0.2) is 5.82 Å². The van der Waals surface area contributed by atoms with E-state index in [0.717, 1.165) is 12.4 Å². The second kappa shape index (κ2) is 5.82. The molecule has 0 radical (unpaired) electrons. The molecule has 0 aliphatic heterocycles. The van der Waals surface area contributed by atoms with Crippen LogP contribution in [0.3, 0.4) is 0 Å². The van der Waals surface area contributed by atoms with E-state index in [1.54, 1.807) is 13.3 Å². The second-order valence-corrected chi connectivity index (χ2v) is 3.51. The molecule has 1 aromatic heterocycles. The highest BCUT2D eigenvalue weighted by molar-refractivity contribution is 6.28. The van der Waals surface area contributed by atoms with Crippen LogP contribution in [-0.2, 0) is 4.74 Å². The van der Waals surface area contributed by atoms with E-state index in [0.29, 0.717) is 6.61 Å². The SMILES string of the molecule is CCN(c1cnnc(Cl)n1)C(C)COC. The first kappa shape index (κ1) is 12.1. The van der Waals surface area contributed by atoms with E-state index in [1.807, 2.05) is 6.92 Å². The molecule has 0 aromatic carbocycles. The van der Waals surface area contributed by atoms with Gasteiger partial charge in [-0.05, 0) is 25.4 Å². The predicted octanol–water partition coefficient (Wildman–Crippen LogP) is 1.39. The number of methoxy groups -OCH3 is 1. The second-order valence-electron chi connectivity index (χ2n) is 3.17. The van der Waals surface area contributed by atoms with E-state index in [1.165, 1.54) is 0 Å². The molecular formula is C9H15ClN4O. The summed E-state index contributed by atoms with van der Waals surface area (Å²) in [5, 5.41) is 7.54. The Kier molecular flexibility index (Phi) is 4.71. The maximum absolute atomic E-state index is 5.69. The van der Waals surface area contributed by atoms with Gasteiger partial charge in [-0.1, -0.05) is 0 Å². The van der Waals surface area contributed by atoms with Gasteiger partial charge in [0.25, 0.3) is 0 Å². The number of likely N-dealkylation sites (N-methyl/N-ethyl adjacent to an activating group) is 1. The molecule has 0 fully saturated rings. The Morgan fingerprint density at radius 2 is 2.33 bits per heavy atom. The van der Waals surface area contributed by atoms with Crippen molar-refractivity contribution in [2.24, 2.45) is 0 Å². The molecule has 84 valence electrons. The van der Waals surface area contributed by atoms with Crippen LogP contribution in [0.25, 0.3) is 0 Å². The van der Waals surface area contributed by atoms with Crippen LogP contribution >= 0.6 is 11.6 Å². The summed E-state index contributed by atoms with van der Waals surface area (Å²) in [5.74, 6) is 0.724. The number of nitrogens with zero attached hydrogens (tertiary/aromatic N) is 4. The van der Waals surface area contributed by atoms with Crippen molar-refractivity contribution in [3.05, 3.63) is 11.5 Å². The molecule has 1 heterocycles. The Bertz CT molecular complexity index is 310. The van der Waals surface area contributed by atoms with Crippen molar-refractivity contribution < 1.29 is 4.74 Å². The summed E-state index contributed by atoms with van der Waals surface area (Å²) in [6.07, 6.45) is 1.60. The molecule has 0 spiro atoms. The third-order valence-electron chi connectivity index (χ3n) is 2.10. The van der Waals surface area contributed by atoms with E-state index in [2.05, 4.69) is 27.0 Å². The summed E-state index contributed by atoms with van der Waals surface area (Å²) in [7, 11) is 1.68. The number of halogens is 1. The molecular weight excluding hydrogens is 216 g/mol. The third-order valence-corrected chi connectivity index (χ3v) is 2.26. The summed E-state index contributed by atoms with van der Waals surface area (Å²) in [6.45, 7) is 5.56. The largest absolute Gasteiger partial charge is 0.383 e. The minimum atomic E-state index is 0.163. The van der Waals surface area contributed by atoms with Gasteiger partial charge in [-0.25, -0.2) is 0 Å². The van der Waals surface area contributed by atoms with Crippen molar-refractivity contribution in [3.8, 4) is 0 Å². The lowest BCUT2D eigenvalue weighted by atomic mass is 10.3. The fourth-order valence-corrected chi connectivity index (χ4v) is 1.57. The Balaban J connectivity index is 2.82. The third kappa shape index (κ3) is 3.28. The average Bonchev–Trinajstić information content (AvgIpc) is 2.19. The van der Waals surface area contributed by atoms with Crippen LogP contribution in [-0.4, -0.2) is 41.5 Å². The first-order chi connectivity index (χ1) is 7.19. The van der Waals surface area contributed by atoms with Crippen molar-refractivity contribution in [1.82, 2.24) is 15.2 Å². The Morgan fingerprint density at radius 3 is 2.87 bits per heavy atom. The molecule has 1 atom stereocenters. The van der Waals surface area contributed by atoms with Gasteiger partial charge in [0.2, 0.25) is 5.28 Å². The molecule has 1 unspecified atom stereocenters. The van der Waals surface area contributed by atoms with Crippen LogP contribution in [0.1, 0.15) is 13.8 Å². The van der Waals surface area contributed by atoms with Crippen molar-refractivity contribution in [2.75, 3.05) is 25.2 Å². The average molecular weight is 231 g/mol. The molecule has 0 saturated heterocycles. The number of hydrogen-bond acceptors (Lipinski definition) is 5. The van der Waals surface area contributed by atoms with Crippen LogP contribution < -0.4 is 4.90 Å². The van der Waals surface area contributed by atoms with Crippen LogP contribution in [0.5, 0.6) is 0 Å². The fourth-order valence-electron chi connectivity index (χ4n) is 1.44. The zero-order valence-corrected chi connectivity index (χ0v) is 9.90. The van der Waals surface area contributed by atoms with Crippen molar-refractivity contribution in [3.63, 3.8) is 0 Å². The van der Waals surface area contributed by atoms with E-state index >= 15 is 0 Å². The lowest BCUT2D eigenvalue weighted by Crippen LogP contribution is -2.36. The quantitative estimate of drug-likeness (QED) is 0.765. The van der Waals surface area contributed by atoms with Gasteiger partial charge in [-0.15, -0.1) is 5.10 Å². The number of rotatable bonds is 5. The summed E-state index contributed by atoms with van der Waals surface area (Å²) in [5.41, 5.74) is 0. The first-order valence-corrected chi connectivity index (χ1v) is 5.17. The van der Waals surface area contributed by atoms with Crippen molar-refractivity contribution >= 4 is 17.4 Å². The smallest absolute Gasteiger partial charge is 0.244 e. The van der Waals surface area contributed by atoms with Gasteiger partial charge >= 0.3 is 0 Å². The maximum Gasteiger partial charge on any atom is 0.244 e. The number of aromatic nitrogens is 3. The van der Waals surface area contributed by atoms with Gasteiger partial charge in [0, 0.05) is 13.7 Å². The van der Waals surface area contributed by atoms with Gasteiger partial charge in [-0.2, -0.15) is 10.1 Å². The maximum atomic E-state index is 5.69. The highest BCUT2D eigenvalue weighted by atomic mass is 35.5. The van der Waals surface area contributed by atoms with E-state index in [9.17, 15) is 0 Å². The monoisotopic (exact) mass is 230 g/mol. The number of ether oxygens (including phenoxy) is 1. The lowest BCUT2D eigenvalue weighted by molar-refractivity contribution is 0.181. The Morgan fingerprint density at radius 1 is 1.60 bits per heavy atom. The topological polar surface area (TPSA) is 51.1 Å². The molecule has 0 bridgehead atoms. The minimum absolute atomic E-state index is 0.163. The minimum Gasteiger partial charge on any atom is -0.383 e. The predicted molar refractivity (Wildman–Crippen MR) is 59.2 cm³/mol. The molecule has 5 nitrogen and oxygen atoms in total. The molecule has 1 rings (SSSR count). The molecule has 6 heteroatoms. The first-order valence-electron chi connectivity index (χ1n) is 4.79. The van der Waals surface area contributed by atoms with E-state index in [-0.39, 0.29) is 11.3 Å². The highest BCUT2D eigenvalue weighted by Gasteiger charge is 2.14. The summed E-state index contributed by atoms with van der Waals surface area (Å²) in [4.78, 5) is 6.17. The van der Waals surface area contributed by atoms with Gasteiger partial charge < -0.3 is 9.64 Å². The standard InChI is InChI=1S/C9H15ClN4O/c1-4-14(7(2)6-15-3)8-5-11-13-9(10)12-8/h5,7H,4,6H2,1-3H3.